The molecule has 2 N–H and O–H groups in total. The summed E-state index contributed by atoms with van der Waals surface area (Å²) in [6, 6.07) is 19.3. The van der Waals surface area contributed by atoms with Crippen LogP contribution < -0.4 is 5.32 Å². The van der Waals surface area contributed by atoms with Gasteiger partial charge in [-0.2, -0.15) is 5.26 Å². The van der Waals surface area contributed by atoms with Crippen molar-refractivity contribution >= 4 is 28.4 Å². The van der Waals surface area contributed by atoms with E-state index in [4.69, 9.17) is 0 Å². The molecule has 0 aliphatic rings. The summed E-state index contributed by atoms with van der Waals surface area (Å²) in [5, 5.41) is 25.5. The first kappa shape index (κ1) is 23.1. The van der Waals surface area contributed by atoms with Gasteiger partial charge in [0, 0.05) is 16.8 Å². The zero-order valence-corrected chi connectivity index (χ0v) is 19.6. The summed E-state index contributed by atoms with van der Waals surface area (Å²) in [4.78, 5) is 12.9. The molecule has 0 radical (unpaired) electrons. The summed E-state index contributed by atoms with van der Waals surface area (Å²) in [5.41, 5.74) is 2.31. The van der Waals surface area contributed by atoms with Crippen LogP contribution in [0.1, 0.15) is 58.2 Å². The van der Waals surface area contributed by atoms with Crippen LogP contribution in [0.25, 0.3) is 16.8 Å². The highest BCUT2D eigenvalue weighted by Crippen LogP contribution is 2.40. The van der Waals surface area contributed by atoms with Crippen molar-refractivity contribution in [3.05, 3.63) is 76.9 Å². The first-order valence-corrected chi connectivity index (χ1v) is 10.7. The molecular formula is C28H30N2O2. The van der Waals surface area contributed by atoms with Gasteiger partial charge in [0.2, 0.25) is 0 Å². The lowest BCUT2D eigenvalue weighted by molar-refractivity contribution is -0.112. The number of hydrogen-bond acceptors (Lipinski definition) is 3. The van der Waals surface area contributed by atoms with E-state index >= 15 is 0 Å². The number of rotatable bonds is 3. The summed E-state index contributed by atoms with van der Waals surface area (Å²) in [6.45, 7) is 12.2. The third-order valence-corrected chi connectivity index (χ3v) is 5.43. The Kier molecular flexibility index (Phi) is 6.14. The van der Waals surface area contributed by atoms with Crippen molar-refractivity contribution in [2.45, 2.75) is 52.4 Å². The Morgan fingerprint density at radius 1 is 0.906 bits per heavy atom. The molecule has 0 unspecified atom stereocenters. The zero-order chi connectivity index (χ0) is 23.7. The number of phenolic OH excluding ortho intramolecular Hbond substituents is 1. The van der Waals surface area contributed by atoms with Gasteiger partial charge < -0.3 is 10.4 Å². The monoisotopic (exact) mass is 426 g/mol. The van der Waals surface area contributed by atoms with E-state index in [1.165, 1.54) is 0 Å². The molecule has 1 amide bonds. The van der Waals surface area contributed by atoms with Crippen molar-refractivity contribution in [1.29, 1.82) is 5.26 Å². The fraction of sp³-hybridized carbons (Fsp3) is 0.286. The quantitative estimate of drug-likeness (QED) is 0.362. The summed E-state index contributed by atoms with van der Waals surface area (Å²) in [5.74, 6) is -0.202. The molecule has 0 spiro atoms. The summed E-state index contributed by atoms with van der Waals surface area (Å²) in [6.07, 6.45) is 1.58. The molecule has 0 saturated carbocycles. The predicted molar refractivity (Wildman–Crippen MR) is 132 cm³/mol. The fourth-order valence-corrected chi connectivity index (χ4v) is 3.66. The maximum absolute atomic E-state index is 12.9. The summed E-state index contributed by atoms with van der Waals surface area (Å²) >= 11 is 0. The Balaban J connectivity index is 2.00. The third-order valence-electron chi connectivity index (χ3n) is 5.43. The van der Waals surface area contributed by atoms with Crippen LogP contribution in [0.2, 0.25) is 0 Å². The maximum Gasteiger partial charge on any atom is 0.266 e. The molecule has 0 heterocycles. The van der Waals surface area contributed by atoms with Crippen LogP contribution in [0.15, 0.2) is 60.2 Å². The second kappa shape index (κ2) is 8.51. The molecule has 0 aliphatic heterocycles. The van der Waals surface area contributed by atoms with E-state index in [0.29, 0.717) is 11.3 Å². The molecule has 3 rings (SSSR count). The number of amides is 1. The molecule has 0 bridgehead atoms. The molecule has 3 aromatic carbocycles. The van der Waals surface area contributed by atoms with Crippen molar-refractivity contribution in [1.82, 2.24) is 0 Å². The van der Waals surface area contributed by atoms with Crippen LogP contribution >= 0.6 is 0 Å². The summed E-state index contributed by atoms with van der Waals surface area (Å²) in [7, 11) is 0. The zero-order valence-electron chi connectivity index (χ0n) is 19.6. The first-order chi connectivity index (χ1) is 14.9. The number of nitrogens with zero attached hydrogens (tertiary/aromatic N) is 1. The predicted octanol–water partition coefficient (Wildman–Crippen LogP) is 6.69. The van der Waals surface area contributed by atoms with Gasteiger partial charge in [0.05, 0.1) is 0 Å². The normalized spacial score (nSPS) is 12.5. The highest BCUT2D eigenvalue weighted by Gasteiger charge is 2.26. The average Bonchev–Trinajstić information content (AvgIpc) is 2.71. The lowest BCUT2D eigenvalue weighted by atomic mass is 9.78. The number of phenols is 1. The molecule has 32 heavy (non-hydrogen) atoms. The highest BCUT2D eigenvalue weighted by atomic mass is 16.3. The molecule has 0 saturated heterocycles. The number of benzene rings is 3. The van der Waals surface area contributed by atoms with Crippen LogP contribution in [0.3, 0.4) is 0 Å². The van der Waals surface area contributed by atoms with Gasteiger partial charge in [-0.3, -0.25) is 4.79 Å². The van der Waals surface area contributed by atoms with Crippen molar-refractivity contribution in [3.63, 3.8) is 0 Å². The van der Waals surface area contributed by atoms with Gasteiger partial charge in [0.15, 0.2) is 0 Å². The Hall–Kier alpha value is -3.58. The first-order valence-electron chi connectivity index (χ1n) is 10.7. The number of carbonyl (C=O) groups is 1. The highest BCUT2D eigenvalue weighted by molar-refractivity contribution is 6.10. The number of nitrogens with one attached hydrogen (secondary N) is 1. The maximum atomic E-state index is 12.9. The largest absolute Gasteiger partial charge is 0.507 e. The van der Waals surface area contributed by atoms with Gasteiger partial charge in [-0.05, 0) is 57.5 Å². The average molecular weight is 427 g/mol. The van der Waals surface area contributed by atoms with E-state index in [9.17, 15) is 15.2 Å². The SMILES string of the molecule is CC(C)(C)c1cc(/C=C(\C#N)C(=O)Nc2ccc3ccccc3c2)cc(C(C)(C)C)c1O. The van der Waals surface area contributed by atoms with E-state index in [2.05, 4.69) is 5.32 Å². The minimum atomic E-state index is -0.467. The Morgan fingerprint density at radius 2 is 1.47 bits per heavy atom. The fourth-order valence-electron chi connectivity index (χ4n) is 3.66. The molecule has 0 fully saturated rings. The number of anilines is 1. The van der Waals surface area contributed by atoms with Gasteiger partial charge >= 0.3 is 0 Å². The molecule has 4 heteroatoms. The van der Waals surface area contributed by atoms with E-state index in [-0.39, 0.29) is 22.2 Å². The van der Waals surface area contributed by atoms with Crippen molar-refractivity contribution in [2.75, 3.05) is 5.32 Å². The number of fused-ring (bicyclic) bond motifs is 1. The molecule has 0 aliphatic carbocycles. The van der Waals surface area contributed by atoms with E-state index in [1.807, 2.05) is 102 Å². The number of hydrogen-bond donors (Lipinski definition) is 2. The minimum absolute atomic E-state index is 0.00330. The van der Waals surface area contributed by atoms with Crippen LogP contribution in [-0.4, -0.2) is 11.0 Å². The summed E-state index contributed by atoms with van der Waals surface area (Å²) < 4.78 is 0. The molecule has 0 aromatic heterocycles. The second-order valence-electron chi connectivity index (χ2n) is 10.2. The standard InChI is InChI=1S/C28H30N2O2/c1-27(2,3)23-14-18(15-24(25(23)31)28(4,5)6)13-21(17-29)26(32)30-22-12-11-19-9-7-8-10-20(19)16-22/h7-16,31H,1-6H3,(H,30,32)/b21-13+. The van der Waals surface area contributed by atoms with Crippen LogP contribution in [0.4, 0.5) is 5.69 Å². The smallest absolute Gasteiger partial charge is 0.266 e. The van der Waals surface area contributed by atoms with E-state index in [0.717, 1.165) is 21.9 Å². The molecule has 164 valence electrons. The number of nitriles is 1. The molecule has 0 atom stereocenters. The molecular weight excluding hydrogens is 396 g/mol. The number of carbonyl (C=O) groups excluding carboxylic acids is 1. The van der Waals surface area contributed by atoms with Gasteiger partial charge in [-0.25, -0.2) is 0 Å². The molecule has 4 nitrogen and oxygen atoms in total. The lowest BCUT2D eigenvalue weighted by Crippen LogP contribution is -2.18. The lowest BCUT2D eigenvalue weighted by Gasteiger charge is -2.28. The van der Waals surface area contributed by atoms with Crippen molar-refractivity contribution in [2.24, 2.45) is 0 Å². The number of aromatic hydroxyl groups is 1. The van der Waals surface area contributed by atoms with E-state index < -0.39 is 5.91 Å². The second-order valence-corrected chi connectivity index (χ2v) is 10.2. The van der Waals surface area contributed by atoms with Crippen molar-refractivity contribution < 1.29 is 9.90 Å². The Labute approximate surface area is 190 Å². The van der Waals surface area contributed by atoms with E-state index in [1.54, 1.807) is 6.08 Å². The van der Waals surface area contributed by atoms with Crippen molar-refractivity contribution in [3.8, 4) is 11.8 Å². The van der Waals surface area contributed by atoms with Crippen LogP contribution in [0, 0.1) is 11.3 Å². The molecule has 3 aromatic rings. The van der Waals surface area contributed by atoms with Crippen LogP contribution in [0.5, 0.6) is 5.75 Å². The third kappa shape index (κ3) is 5.00. The van der Waals surface area contributed by atoms with Gasteiger partial charge in [0.25, 0.3) is 5.91 Å². The minimum Gasteiger partial charge on any atom is -0.507 e. The van der Waals surface area contributed by atoms with Gasteiger partial charge in [-0.1, -0.05) is 71.9 Å². The van der Waals surface area contributed by atoms with Crippen LogP contribution in [-0.2, 0) is 15.6 Å². The Bertz CT molecular complexity index is 1210. The topological polar surface area (TPSA) is 73.1 Å². The van der Waals surface area contributed by atoms with Gasteiger partial charge in [-0.15, -0.1) is 0 Å². The van der Waals surface area contributed by atoms with Gasteiger partial charge in [0.1, 0.15) is 17.4 Å². The Morgan fingerprint density at radius 3 is 2.00 bits per heavy atom.